The molecule has 5 nitrogen and oxygen atoms in total. The van der Waals surface area contributed by atoms with Gasteiger partial charge in [0.05, 0.1) is 24.2 Å². The minimum atomic E-state index is -0.501. The average molecular weight is 229 g/mol. The zero-order valence-electron chi connectivity index (χ0n) is 7.77. The maximum Gasteiger partial charge on any atom is 0.288 e. The lowest BCUT2D eigenvalue weighted by Crippen LogP contribution is -2.40. The van der Waals surface area contributed by atoms with Gasteiger partial charge >= 0.3 is 0 Å². The van der Waals surface area contributed by atoms with Crippen molar-refractivity contribution in [3.63, 3.8) is 0 Å². The molecule has 0 aromatic heterocycles. The molecule has 80 valence electrons. The third-order valence-electron chi connectivity index (χ3n) is 2.15. The van der Waals surface area contributed by atoms with Crippen LogP contribution in [0.2, 0.25) is 5.02 Å². The van der Waals surface area contributed by atoms with Crippen molar-refractivity contribution in [2.45, 2.75) is 6.04 Å². The molecule has 0 aliphatic carbocycles. The number of rotatable bonds is 3. The van der Waals surface area contributed by atoms with Gasteiger partial charge in [-0.05, 0) is 12.1 Å². The van der Waals surface area contributed by atoms with E-state index < -0.39 is 4.92 Å². The highest BCUT2D eigenvalue weighted by Gasteiger charge is 2.19. The standard InChI is InChI=1S/C9H9ClN2O3/c10-8-3-6(11-7-4-15-5-7)1-2-9(8)12(13)14/h1-3,7,11H,4-5H2. The summed E-state index contributed by atoms with van der Waals surface area (Å²) in [6.45, 7) is 1.32. The van der Waals surface area contributed by atoms with Gasteiger partial charge in [-0.1, -0.05) is 11.6 Å². The van der Waals surface area contributed by atoms with Gasteiger partial charge in [0.25, 0.3) is 5.69 Å². The molecule has 1 N–H and O–H groups in total. The van der Waals surface area contributed by atoms with E-state index in [1.807, 2.05) is 0 Å². The minimum absolute atomic E-state index is 0.0768. The maximum atomic E-state index is 10.5. The quantitative estimate of drug-likeness (QED) is 0.635. The van der Waals surface area contributed by atoms with Crippen LogP contribution in [0.15, 0.2) is 18.2 Å². The van der Waals surface area contributed by atoms with Crippen LogP contribution in [0.5, 0.6) is 0 Å². The highest BCUT2D eigenvalue weighted by Crippen LogP contribution is 2.27. The molecule has 1 aromatic rings. The molecule has 0 atom stereocenters. The van der Waals surface area contributed by atoms with Crippen molar-refractivity contribution in [2.24, 2.45) is 0 Å². The Balaban J connectivity index is 2.13. The summed E-state index contributed by atoms with van der Waals surface area (Å²) >= 11 is 5.76. The van der Waals surface area contributed by atoms with Gasteiger partial charge in [-0.2, -0.15) is 0 Å². The molecule has 2 rings (SSSR count). The van der Waals surface area contributed by atoms with Gasteiger partial charge in [0, 0.05) is 11.8 Å². The fourth-order valence-electron chi connectivity index (χ4n) is 1.30. The van der Waals surface area contributed by atoms with Crippen LogP contribution in [-0.2, 0) is 4.74 Å². The second-order valence-corrected chi connectivity index (χ2v) is 3.71. The smallest absolute Gasteiger partial charge is 0.288 e. The second-order valence-electron chi connectivity index (χ2n) is 3.30. The van der Waals surface area contributed by atoms with Crippen molar-refractivity contribution in [3.8, 4) is 0 Å². The molecule has 1 saturated heterocycles. The van der Waals surface area contributed by atoms with E-state index in [9.17, 15) is 10.1 Å². The molecule has 0 radical (unpaired) electrons. The number of anilines is 1. The Hall–Kier alpha value is -1.33. The van der Waals surface area contributed by atoms with Crippen LogP contribution >= 0.6 is 11.6 Å². The molecule has 0 spiro atoms. The van der Waals surface area contributed by atoms with E-state index in [1.165, 1.54) is 6.07 Å². The van der Waals surface area contributed by atoms with Crippen LogP contribution in [0.25, 0.3) is 0 Å². The van der Waals surface area contributed by atoms with E-state index in [0.717, 1.165) is 5.69 Å². The fraction of sp³-hybridized carbons (Fsp3) is 0.333. The Morgan fingerprint density at radius 3 is 2.73 bits per heavy atom. The predicted octanol–water partition coefficient (Wildman–Crippen LogP) is 2.06. The number of hydrogen-bond acceptors (Lipinski definition) is 4. The first-order valence-electron chi connectivity index (χ1n) is 4.45. The number of benzene rings is 1. The highest BCUT2D eigenvalue weighted by molar-refractivity contribution is 6.32. The van der Waals surface area contributed by atoms with E-state index in [0.29, 0.717) is 13.2 Å². The Morgan fingerprint density at radius 1 is 1.53 bits per heavy atom. The van der Waals surface area contributed by atoms with Crippen LogP contribution in [0.4, 0.5) is 11.4 Å². The zero-order chi connectivity index (χ0) is 10.8. The summed E-state index contributed by atoms with van der Waals surface area (Å²) in [6.07, 6.45) is 0. The summed E-state index contributed by atoms with van der Waals surface area (Å²) in [6, 6.07) is 4.87. The van der Waals surface area contributed by atoms with Crippen molar-refractivity contribution in [1.82, 2.24) is 0 Å². The normalized spacial score (nSPS) is 15.8. The number of nitro groups is 1. The van der Waals surface area contributed by atoms with E-state index >= 15 is 0 Å². The molecular weight excluding hydrogens is 220 g/mol. The van der Waals surface area contributed by atoms with E-state index in [2.05, 4.69) is 5.32 Å². The van der Waals surface area contributed by atoms with Gasteiger partial charge < -0.3 is 10.1 Å². The van der Waals surface area contributed by atoms with Gasteiger partial charge in [0.15, 0.2) is 0 Å². The average Bonchev–Trinajstić information content (AvgIpc) is 2.11. The number of hydrogen-bond donors (Lipinski definition) is 1. The molecule has 15 heavy (non-hydrogen) atoms. The number of ether oxygens (including phenoxy) is 1. The van der Waals surface area contributed by atoms with Crippen LogP contribution in [0.3, 0.4) is 0 Å². The molecule has 1 aliphatic heterocycles. The third kappa shape index (κ3) is 2.19. The summed E-state index contributed by atoms with van der Waals surface area (Å²) in [5.74, 6) is 0. The Bertz CT molecular complexity index is 393. The van der Waals surface area contributed by atoms with Crippen LogP contribution < -0.4 is 5.32 Å². The van der Waals surface area contributed by atoms with Gasteiger partial charge in [-0.15, -0.1) is 0 Å². The fourth-order valence-corrected chi connectivity index (χ4v) is 1.55. The molecule has 1 fully saturated rings. The lowest BCUT2D eigenvalue weighted by molar-refractivity contribution is -0.384. The van der Waals surface area contributed by atoms with Crippen LogP contribution in [0, 0.1) is 10.1 Å². The molecule has 1 aromatic carbocycles. The van der Waals surface area contributed by atoms with E-state index in [4.69, 9.17) is 16.3 Å². The van der Waals surface area contributed by atoms with Crippen molar-refractivity contribution < 1.29 is 9.66 Å². The SMILES string of the molecule is O=[N+]([O-])c1ccc(NC2COC2)cc1Cl. The zero-order valence-corrected chi connectivity index (χ0v) is 8.53. The highest BCUT2D eigenvalue weighted by atomic mass is 35.5. The monoisotopic (exact) mass is 228 g/mol. The first-order valence-corrected chi connectivity index (χ1v) is 4.83. The minimum Gasteiger partial charge on any atom is -0.378 e. The molecule has 0 unspecified atom stereocenters. The molecule has 0 saturated carbocycles. The van der Waals surface area contributed by atoms with Crippen LogP contribution in [0.1, 0.15) is 0 Å². The summed E-state index contributed by atoms with van der Waals surface area (Å²) in [5.41, 5.74) is 0.700. The van der Waals surface area contributed by atoms with Gasteiger partial charge in [-0.25, -0.2) is 0 Å². The van der Waals surface area contributed by atoms with E-state index in [-0.39, 0.29) is 16.8 Å². The second kappa shape index (κ2) is 4.04. The molecule has 1 aliphatic rings. The van der Waals surface area contributed by atoms with Crippen molar-refractivity contribution in [3.05, 3.63) is 33.3 Å². The predicted molar refractivity (Wildman–Crippen MR) is 56.3 cm³/mol. The summed E-state index contributed by atoms with van der Waals surface area (Å²) in [7, 11) is 0. The van der Waals surface area contributed by atoms with Crippen molar-refractivity contribution >= 4 is 23.0 Å². The van der Waals surface area contributed by atoms with Crippen LogP contribution in [-0.4, -0.2) is 24.2 Å². The molecule has 0 amide bonds. The number of nitro benzene ring substituents is 1. The first-order chi connectivity index (χ1) is 7.16. The number of nitrogens with zero attached hydrogens (tertiary/aromatic N) is 1. The topological polar surface area (TPSA) is 64.4 Å². The number of nitrogens with one attached hydrogen (secondary N) is 1. The third-order valence-corrected chi connectivity index (χ3v) is 2.46. The maximum absolute atomic E-state index is 10.5. The first kappa shape index (κ1) is 10.2. The molecule has 6 heteroatoms. The largest absolute Gasteiger partial charge is 0.378 e. The molecule has 1 heterocycles. The molecular formula is C9H9ClN2O3. The summed E-state index contributed by atoms with van der Waals surface area (Å²) in [4.78, 5) is 10.0. The Morgan fingerprint density at radius 2 is 2.27 bits per heavy atom. The lowest BCUT2D eigenvalue weighted by Gasteiger charge is -2.27. The molecule has 0 bridgehead atoms. The number of halogens is 1. The van der Waals surface area contributed by atoms with Crippen molar-refractivity contribution in [1.29, 1.82) is 0 Å². The van der Waals surface area contributed by atoms with Gasteiger partial charge in [0.2, 0.25) is 0 Å². The van der Waals surface area contributed by atoms with Crippen molar-refractivity contribution in [2.75, 3.05) is 18.5 Å². The summed E-state index contributed by atoms with van der Waals surface area (Å²) in [5, 5.41) is 13.8. The van der Waals surface area contributed by atoms with E-state index in [1.54, 1.807) is 12.1 Å². The Kier molecular flexibility index (Phi) is 2.75. The Labute approximate surface area is 91.1 Å². The van der Waals surface area contributed by atoms with Gasteiger partial charge in [-0.3, -0.25) is 10.1 Å². The van der Waals surface area contributed by atoms with Gasteiger partial charge in [0.1, 0.15) is 5.02 Å². The lowest BCUT2D eigenvalue weighted by atomic mass is 10.2. The summed E-state index contributed by atoms with van der Waals surface area (Å²) < 4.78 is 5.00.